The number of nitrogens with zero attached hydrogens (tertiary/aromatic N) is 2. The second-order valence-corrected chi connectivity index (χ2v) is 7.33. The molecule has 0 fully saturated rings. The maximum absolute atomic E-state index is 12.5. The fraction of sp³-hybridized carbons (Fsp3) is 0.533. The highest BCUT2D eigenvalue weighted by atomic mass is 32.2. The van der Waals surface area contributed by atoms with Crippen LogP contribution in [0.2, 0.25) is 0 Å². The number of carbonyl (C=O) groups excluding carboxylic acids is 1. The lowest BCUT2D eigenvalue weighted by Crippen LogP contribution is -2.30. The summed E-state index contributed by atoms with van der Waals surface area (Å²) in [7, 11) is 1.94. The van der Waals surface area contributed by atoms with Gasteiger partial charge in [-0.3, -0.25) is 4.79 Å². The molecule has 0 bridgehead atoms. The van der Waals surface area contributed by atoms with Crippen molar-refractivity contribution in [3.63, 3.8) is 0 Å². The monoisotopic (exact) mass is 312 g/mol. The first kappa shape index (κ1) is 17.8. The molecule has 0 spiro atoms. The molecule has 0 N–H and O–H groups in total. The van der Waals surface area contributed by atoms with E-state index in [4.69, 9.17) is 0 Å². The predicted octanol–water partition coefficient (Wildman–Crippen LogP) is 1.85. The van der Waals surface area contributed by atoms with Crippen LogP contribution in [0.15, 0.2) is 29.2 Å². The molecule has 0 unspecified atom stereocenters. The first-order valence-corrected chi connectivity index (χ1v) is 8.47. The van der Waals surface area contributed by atoms with Gasteiger partial charge in [-0.15, -0.1) is 0 Å². The fourth-order valence-electron chi connectivity index (χ4n) is 1.94. The van der Waals surface area contributed by atoms with Gasteiger partial charge < -0.3 is 4.90 Å². The molecule has 0 saturated carbocycles. The van der Waals surface area contributed by atoms with Crippen LogP contribution < -0.4 is 0 Å². The lowest BCUT2D eigenvalue weighted by molar-refractivity contribution is 0.0988. The number of ketones is 1. The third kappa shape index (κ3) is 4.91. The summed E-state index contributed by atoms with van der Waals surface area (Å²) in [6.45, 7) is 3.04. The average molecular weight is 312 g/mol. The number of Topliss-reactive ketones (excluding diaryl/α,β-unsaturated/α-hetero) is 1. The molecule has 0 aliphatic heterocycles. The van der Waals surface area contributed by atoms with Crippen molar-refractivity contribution < 1.29 is 13.2 Å². The Hall–Kier alpha value is -1.24. The summed E-state index contributed by atoms with van der Waals surface area (Å²) >= 11 is 0. The number of benzene rings is 1. The minimum Gasteiger partial charge on any atom is -0.309 e. The molecule has 0 aliphatic rings. The molecule has 1 aromatic rings. The summed E-state index contributed by atoms with van der Waals surface area (Å²) in [6, 6.07) is 6.26. The van der Waals surface area contributed by atoms with Crippen LogP contribution in [0.4, 0.5) is 0 Å². The molecule has 6 heteroatoms. The lowest BCUT2D eigenvalue weighted by atomic mass is 10.1. The van der Waals surface area contributed by atoms with Gasteiger partial charge in [0.25, 0.3) is 0 Å². The highest BCUT2D eigenvalue weighted by Gasteiger charge is 2.21. The second-order valence-electron chi connectivity index (χ2n) is 5.29. The van der Waals surface area contributed by atoms with Crippen molar-refractivity contribution in [2.24, 2.45) is 0 Å². The third-order valence-corrected chi connectivity index (χ3v) is 5.12. The van der Waals surface area contributed by atoms with E-state index < -0.39 is 10.0 Å². The largest absolute Gasteiger partial charge is 0.309 e. The van der Waals surface area contributed by atoms with Crippen LogP contribution in [-0.2, 0) is 10.0 Å². The summed E-state index contributed by atoms with van der Waals surface area (Å²) in [6.07, 6.45) is 1.12. The summed E-state index contributed by atoms with van der Waals surface area (Å²) in [5, 5.41) is 0. The molecule has 1 aromatic carbocycles. The van der Waals surface area contributed by atoms with Crippen molar-refractivity contribution in [2.45, 2.75) is 24.7 Å². The molecule has 5 nitrogen and oxygen atoms in total. The van der Waals surface area contributed by atoms with Crippen LogP contribution in [0, 0.1) is 0 Å². The Bertz CT molecular complexity index is 582. The van der Waals surface area contributed by atoms with Gasteiger partial charge in [0.2, 0.25) is 10.0 Å². The van der Waals surface area contributed by atoms with Crippen LogP contribution in [-0.4, -0.2) is 57.6 Å². The fourth-order valence-corrected chi connectivity index (χ4v) is 3.20. The minimum atomic E-state index is -3.54. The van der Waals surface area contributed by atoms with E-state index in [1.54, 1.807) is 26.1 Å². The van der Waals surface area contributed by atoms with Crippen molar-refractivity contribution in [2.75, 3.05) is 34.2 Å². The van der Waals surface area contributed by atoms with Gasteiger partial charge in [-0.25, -0.2) is 12.7 Å². The van der Waals surface area contributed by atoms with E-state index in [-0.39, 0.29) is 10.7 Å². The summed E-state index contributed by atoms with van der Waals surface area (Å²) < 4.78 is 26.3. The Morgan fingerprint density at radius 3 is 2.38 bits per heavy atom. The number of sulfonamides is 1. The van der Waals surface area contributed by atoms with Crippen LogP contribution >= 0.6 is 0 Å². The zero-order valence-corrected chi connectivity index (χ0v) is 14.0. The van der Waals surface area contributed by atoms with Crippen LogP contribution in [0.1, 0.15) is 30.1 Å². The zero-order chi connectivity index (χ0) is 16.0. The van der Waals surface area contributed by atoms with E-state index in [1.165, 1.54) is 16.4 Å². The Morgan fingerprint density at radius 2 is 1.81 bits per heavy atom. The summed E-state index contributed by atoms with van der Waals surface area (Å²) in [4.78, 5) is 13.9. The van der Waals surface area contributed by atoms with Crippen molar-refractivity contribution >= 4 is 15.8 Å². The lowest BCUT2D eigenvalue weighted by Gasteiger charge is -2.18. The van der Waals surface area contributed by atoms with Gasteiger partial charge in [-0.2, -0.15) is 0 Å². The van der Waals surface area contributed by atoms with Gasteiger partial charge in [0.1, 0.15) is 0 Å². The zero-order valence-electron chi connectivity index (χ0n) is 13.2. The average Bonchev–Trinajstić information content (AvgIpc) is 2.46. The first-order chi connectivity index (χ1) is 9.78. The molecule has 1 rings (SSSR count). The number of rotatable bonds is 8. The van der Waals surface area contributed by atoms with Crippen molar-refractivity contribution in [3.8, 4) is 0 Å². The maximum Gasteiger partial charge on any atom is 0.242 e. The topological polar surface area (TPSA) is 57.7 Å². The SMILES string of the molecule is CCC(=O)c1cccc(S(=O)(=O)N(C)CCCN(C)C)c1. The Kier molecular flexibility index (Phi) is 6.51. The summed E-state index contributed by atoms with van der Waals surface area (Å²) in [5.74, 6) is -0.0534. The van der Waals surface area contributed by atoms with E-state index in [0.29, 0.717) is 18.5 Å². The Morgan fingerprint density at radius 1 is 1.14 bits per heavy atom. The molecule has 0 heterocycles. The first-order valence-electron chi connectivity index (χ1n) is 7.03. The Balaban J connectivity index is 2.89. The van der Waals surface area contributed by atoms with Crippen molar-refractivity contribution in [1.29, 1.82) is 0 Å². The molecular formula is C15H24N2O3S. The van der Waals surface area contributed by atoms with E-state index in [1.807, 2.05) is 19.0 Å². The molecule has 0 atom stereocenters. The maximum atomic E-state index is 12.5. The van der Waals surface area contributed by atoms with E-state index in [9.17, 15) is 13.2 Å². The molecule has 0 amide bonds. The van der Waals surface area contributed by atoms with Crippen molar-refractivity contribution in [1.82, 2.24) is 9.21 Å². The van der Waals surface area contributed by atoms with Crippen LogP contribution in [0.25, 0.3) is 0 Å². The molecule has 0 saturated heterocycles. The Labute approximate surface area is 127 Å². The number of hydrogen-bond donors (Lipinski definition) is 0. The minimum absolute atomic E-state index is 0.0534. The predicted molar refractivity (Wildman–Crippen MR) is 84.1 cm³/mol. The quantitative estimate of drug-likeness (QED) is 0.687. The molecule has 118 valence electrons. The van der Waals surface area contributed by atoms with Gasteiger partial charge in [0.15, 0.2) is 5.78 Å². The standard InChI is InChI=1S/C15H24N2O3S/c1-5-15(18)13-8-6-9-14(12-13)21(19,20)17(4)11-7-10-16(2)3/h6,8-9,12H,5,7,10-11H2,1-4H3. The summed E-state index contributed by atoms with van der Waals surface area (Å²) in [5.41, 5.74) is 0.445. The van der Waals surface area contributed by atoms with Crippen LogP contribution in [0.5, 0.6) is 0 Å². The normalized spacial score (nSPS) is 12.1. The third-order valence-electron chi connectivity index (χ3n) is 3.26. The van der Waals surface area contributed by atoms with Gasteiger partial charge >= 0.3 is 0 Å². The number of hydrogen-bond acceptors (Lipinski definition) is 4. The van der Waals surface area contributed by atoms with E-state index in [0.717, 1.165) is 13.0 Å². The highest BCUT2D eigenvalue weighted by Crippen LogP contribution is 2.17. The van der Waals surface area contributed by atoms with E-state index >= 15 is 0 Å². The molecule has 0 aliphatic carbocycles. The van der Waals surface area contributed by atoms with Gasteiger partial charge in [0, 0.05) is 25.6 Å². The molecule has 0 aromatic heterocycles. The number of carbonyl (C=O) groups is 1. The van der Waals surface area contributed by atoms with E-state index in [2.05, 4.69) is 0 Å². The van der Waals surface area contributed by atoms with Crippen molar-refractivity contribution in [3.05, 3.63) is 29.8 Å². The smallest absolute Gasteiger partial charge is 0.242 e. The second kappa shape index (κ2) is 7.68. The molecule has 21 heavy (non-hydrogen) atoms. The van der Waals surface area contributed by atoms with Gasteiger partial charge in [-0.05, 0) is 39.2 Å². The van der Waals surface area contributed by atoms with Gasteiger partial charge in [-0.1, -0.05) is 19.1 Å². The molecular weight excluding hydrogens is 288 g/mol. The van der Waals surface area contributed by atoms with Crippen LogP contribution in [0.3, 0.4) is 0 Å². The van der Waals surface area contributed by atoms with Gasteiger partial charge in [0.05, 0.1) is 4.90 Å². The molecule has 0 radical (unpaired) electrons. The highest BCUT2D eigenvalue weighted by molar-refractivity contribution is 7.89.